The SMILES string of the molecule is Nc1cncc(Sc2ncccc2Br)n1. The molecule has 0 aliphatic carbocycles. The van der Waals surface area contributed by atoms with Crippen LogP contribution in [0.25, 0.3) is 0 Å². The third-order valence-electron chi connectivity index (χ3n) is 1.56. The first kappa shape index (κ1) is 10.4. The van der Waals surface area contributed by atoms with Crippen molar-refractivity contribution in [2.45, 2.75) is 10.1 Å². The molecule has 0 unspecified atom stereocenters. The van der Waals surface area contributed by atoms with E-state index < -0.39 is 0 Å². The van der Waals surface area contributed by atoms with Crippen molar-refractivity contribution in [2.75, 3.05) is 5.73 Å². The van der Waals surface area contributed by atoms with Crippen molar-refractivity contribution < 1.29 is 0 Å². The lowest BCUT2D eigenvalue weighted by molar-refractivity contribution is 1.05. The summed E-state index contributed by atoms with van der Waals surface area (Å²) < 4.78 is 0.930. The van der Waals surface area contributed by atoms with Crippen LogP contribution >= 0.6 is 27.7 Å². The van der Waals surface area contributed by atoms with Crippen LogP contribution in [0.2, 0.25) is 0 Å². The van der Waals surface area contributed by atoms with Crippen LogP contribution in [0.15, 0.2) is 45.2 Å². The number of nitrogens with zero attached hydrogens (tertiary/aromatic N) is 3. The zero-order valence-corrected chi connectivity index (χ0v) is 9.99. The summed E-state index contributed by atoms with van der Waals surface area (Å²) in [5.41, 5.74) is 5.53. The maximum absolute atomic E-state index is 5.53. The van der Waals surface area contributed by atoms with Gasteiger partial charge in [0.15, 0.2) is 0 Å². The number of anilines is 1. The molecule has 4 nitrogen and oxygen atoms in total. The van der Waals surface area contributed by atoms with E-state index in [0.717, 1.165) is 14.5 Å². The van der Waals surface area contributed by atoms with Gasteiger partial charge >= 0.3 is 0 Å². The van der Waals surface area contributed by atoms with Gasteiger partial charge in [-0.2, -0.15) is 0 Å². The van der Waals surface area contributed by atoms with E-state index in [4.69, 9.17) is 5.73 Å². The predicted molar refractivity (Wildman–Crippen MR) is 62.5 cm³/mol. The summed E-state index contributed by atoms with van der Waals surface area (Å²) in [5.74, 6) is 0.409. The highest BCUT2D eigenvalue weighted by molar-refractivity contribution is 9.10. The summed E-state index contributed by atoms with van der Waals surface area (Å²) >= 11 is 4.83. The maximum Gasteiger partial charge on any atom is 0.143 e. The highest BCUT2D eigenvalue weighted by atomic mass is 79.9. The van der Waals surface area contributed by atoms with Gasteiger partial charge in [0, 0.05) is 6.20 Å². The molecule has 76 valence electrons. The van der Waals surface area contributed by atoms with E-state index in [1.54, 1.807) is 12.4 Å². The molecule has 0 saturated carbocycles. The second-order valence-electron chi connectivity index (χ2n) is 2.67. The summed E-state index contributed by atoms with van der Waals surface area (Å²) in [6.45, 7) is 0. The van der Waals surface area contributed by atoms with E-state index in [0.29, 0.717) is 5.82 Å². The summed E-state index contributed by atoms with van der Waals surface area (Å²) in [4.78, 5) is 12.3. The van der Waals surface area contributed by atoms with Crippen molar-refractivity contribution in [3.63, 3.8) is 0 Å². The lowest BCUT2D eigenvalue weighted by atomic mass is 10.5. The first-order valence-corrected chi connectivity index (χ1v) is 5.72. The molecule has 2 aromatic heterocycles. The Bertz CT molecular complexity index is 477. The second kappa shape index (κ2) is 4.59. The predicted octanol–water partition coefficient (Wildman–Crippen LogP) is 2.37. The Morgan fingerprint density at radius 2 is 2.20 bits per heavy atom. The number of rotatable bonds is 2. The Morgan fingerprint density at radius 3 is 2.93 bits per heavy atom. The molecule has 0 aromatic carbocycles. The van der Waals surface area contributed by atoms with Crippen molar-refractivity contribution in [1.82, 2.24) is 15.0 Å². The van der Waals surface area contributed by atoms with E-state index in [2.05, 4.69) is 30.9 Å². The van der Waals surface area contributed by atoms with Gasteiger partial charge in [-0.1, -0.05) is 0 Å². The number of nitrogens with two attached hydrogens (primary N) is 1. The standard InChI is InChI=1S/C9H7BrN4S/c10-6-2-1-3-13-9(6)15-8-5-12-4-7(11)14-8/h1-5H,(H2,11,14). The Labute approximate surface area is 99.5 Å². The summed E-state index contributed by atoms with van der Waals surface area (Å²) in [7, 11) is 0. The van der Waals surface area contributed by atoms with Gasteiger partial charge in [0.2, 0.25) is 0 Å². The minimum Gasteiger partial charge on any atom is -0.382 e. The van der Waals surface area contributed by atoms with E-state index in [-0.39, 0.29) is 0 Å². The number of halogens is 1. The van der Waals surface area contributed by atoms with Gasteiger partial charge < -0.3 is 5.73 Å². The largest absolute Gasteiger partial charge is 0.382 e. The van der Waals surface area contributed by atoms with Crippen LogP contribution in [0.1, 0.15) is 0 Å². The molecule has 0 saturated heterocycles. The number of nitrogen functional groups attached to an aromatic ring is 1. The van der Waals surface area contributed by atoms with Gasteiger partial charge in [0.1, 0.15) is 15.9 Å². The molecule has 0 spiro atoms. The molecule has 0 aliphatic rings. The quantitative estimate of drug-likeness (QED) is 0.916. The van der Waals surface area contributed by atoms with Crippen molar-refractivity contribution >= 4 is 33.5 Å². The molecule has 15 heavy (non-hydrogen) atoms. The van der Waals surface area contributed by atoms with Gasteiger partial charge in [-0.3, -0.25) is 4.98 Å². The average molecular weight is 283 g/mol. The highest BCUT2D eigenvalue weighted by Crippen LogP contribution is 2.29. The molecule has 2 rings (SSSR count). The molecule has 0 bridgehead atoms. The van der Waals surface area contributed by atoms with Gasteiger partial charge in [0.05, 0.1) is 16.9 Å². The fraction of sp³-hybridized carbons (Fsp3) is 0. The first-order chi connectivity index (χ1) is 7.25. The normalized spacial score (nSPS) is 10.2. The Balaban J connectivity index is 2.26. The number of hydrogen-bond acceptors (Lipinski definition) is 5. The maximum atomic E-state index is 5.53. The second-order valence-corrected chi connectivity index (χ2v) is 4.54. The molecule has 6 heteroatoms. The zero-order valence-electron chi connectivity index (χ0n) is 7.59. The number of aromatic nitrogens is 3. The number of pyridine rings is 1. The Kier molecular flexibility index (Phi) is 3.17. The van der Waals surface area contributed by atoms with Crippen molar-refractivity contribution in [2.24, 2.45) is 0 Å². The minimum absolute atomic E-state index is 0.409. The molecule has 2 heterocycles. The molecule has 0 amide bonds. The smallest absolute Gasteiger partial charge is 0.143 e. The molecule has 0 aliphatic heterocycles. The van der Waals surface area contributed by atoms with Crippen LogP contribution in [-0.4, -0.2) is 15.0 Å². The molecule has 0 atom stereocenters. The topological polar surface area (TPSA) is 64.7 Å². The van der Waals surface area contributed by atoms with Gasteiger partial charge in [-0.05, 0) is 39.8 Å². The molecule has 2 aromatic rings. The van der Waals surface area contributed by atoms with Gasteiger partial charge in [-0.25, -0.2) is 9.97 Å². The zero-order chi connectivity index (χ0) is 10.7. The monoisotopic (exact) mass is 282 g/mol. The first-order valence-electron chi connectivity index (χ1n) is 4.11. The van der Waals surface area contributed by atoms with Crippen molar-refractivity contribution in [3.05, 3.63) is 35.2 Å². The third kappa shape index (κ3) is 2.66. The van der Waals surface area contributed by atoms with Crippen LogP contribution in [0.4, 0.5) is 5.82 Å². The van der Waals surface area contributed by atoms with Gasteiger partial charge in [-0.15, -0.1) is 0 Å². The van der Waals surface area contributed by atoms with E-state index in [1.165, 1.54) is 18.0 Å². The van der Waals surface area contributed by atoms with Crippen molar-refractivity contribution in [1.29, 1.82) is 0 Å². The molecular formula is C9H7BrN4S. The van der Waals surface area contributed by atoms with Crippen LogP contribution in [-0.2, 0) is 0 Å². The fourth-order valence-corrected chi connectivity index (χ4v) is 2.20. The summed E-state index contributed by atoms with van der Waals surface area (Å²) in [6.07, 6.45) is 4.90. The van der Waals surface area contributed by atoms with E-state index >= 15 is 0 Å². The van der Waals surface area contributed by atoms with E-state index in [9.17, 15) is 0 Å². The third-order valence-corrected chi connectivity index (χ3v) is 3.38. The van der Waals surface area contributed by atoms with Crippen LogP contribution in [0, 0.1) is 0 Å². The lowest BCUT2D eigenvalue weighted by Gasteiger charge is -2.01. The van der Waals surface area contributed by atoms with Crippen LogP contribution in [0.5, 0.6) is 0 Å². The summed E-state index contributed by atoms with van der Waals surface area (Å²) in [5, 5.41) is 1.58. The molecule has 0 fully saturated rings. The average Bonchev–Trinajstić information content (AvgIpc) is 2.22. The fourth-order valence-electron chi connectivity index (χ4n) is 0.957. The van der Waals surface area contributed by atoms with E-state index in [1.807, 2.05) is 12.1 Å². The Morgan fingerprint density at radius 1 is 1.33 bits per heavy atom. The highest BCUT2D eigenvalue weighted by Gasteiger charge is 2.04. The Hall–Kier alpha value is -1.14. The van der Waals surface area contributed by atoms with Crippen molar-refractivity contribution in [3.8, 4) is 0 Å². The van der Waals surface area contributed by atoms with Crippen LogP contribution < -0.4 is 5.73 Å². The molecular weight excluding hydrogens is 276 g/mol. The minimum atomic E-state index is 0.409. The molecule has 0 radical (unpaired) electrons. The molecule has 2 N–H and O–H groups in total. The summed E-state index contributed by atoms with van der Waals surface area (Å²) in [6, 6.07) is 3.79. The number of hydrogen-bond donors (Lipinski definition) is 1. The van der Waals surface area contributed by atoms with Crippen LogP contribution in [0.3, 0.4) is 0 Å². The lowest BCUT2D eigenvalue weighted by Crippen LogP contribution is -1.92. The van der Waals surface area contributed by atoms with Gasteiger partial charge in [0.25, 0.3) is 0 Å².